The maximum Gasteiger partial charge on any atom is 0.255 e. The van der Waals surface area contributed by atoms with Gasteiger partial charge in [0.2, 0.25) is 0 Å². The van der Waals surface area contributed by atoms with Crippen LogP contribution in [0.4, 0.5) is 10.2 Å². The van der Waals surface area contributed by atoms with Crippen molar-refractivity contribution in [2.24, 2.45) is 5.92 Å². The number of anilines is 1. The summed E-state index contributed by atoms with van der Waals surface area (Å²) < 4.78 is 16.6. The number of hydrogen-bond donors (Lipinski definition) is 0. The molecule has 8 heteroatoms. The van der Waals surface area contributed by atoms with Gasteiger partial charge in [0.1, 0.15) is 23.1 Å². The molecule has 0 aliphatic heterocycles. The molecule has 0 aliphatic rings. The number of aromatic nitrogens is 4. The molecule has 0 saturated heterocycles. The van der Waals surface area contributed by atoms with Gasteiger partial charge in [0, 0.05) is 18.7 Å². The lowest BCUT2D eigenvalue weighted by molar-refractivity contribution is 0.500. The molecule has 1 atom stereocenters. The van der Waals surface area contributed by atoms with Crippen LogP contribution in [0, 0.1) is 30.0 Å². The van der Waals surface area contributed by atoms with Gasteiger partial charge in [0.15, 0.2) is 0 Å². The molecule has 0 bridgehead atoms. The minimum atomic E-state index is -0.526. The molecule has 0 N–H and O–H groups in total. The van der Waals surface area contributed by atoms with Gasteiger partial charge in [-0.1, -0.05) is 25.4 Å². The average molecular weight is 387 g/mol. The molecule has 6 nitrogen and oxygen atoms in total. The standard InChI is InChI=1S/C19H20ClFN6/c1-10(2)12(4)26(5)18-16(17(20)25-19-23-9-24-27(18)19)15-11(3)6-13(8-22)7-14(15)21/h6-7,9-10,12H,1-5H3/t12-/m1/s1. The Bertz CT molecular complexity index is 1030. The molecule has 0 spiro atoms. The van der Waals surface area contributed by atoms with Gasteiger partial charge < -0.3 is 4.90 Å². The Morgan fingerprint density at radius 2 is 1.96 bits per heavy atom. The largest absolute Gasteiger partial charge is 0.356 e. The van der Waals surface area contributed by atoms with Crippen LogP contribution in [0.1, 0.15) is 31.9 Å². The minimum absolute atomic E-state index is 0.122. The highest BCUT2D eigenvalue weighted by atomic mass is 35.5. The summed E-state index contributed by atoms with van der Waals surface area (Å²) >= 11 is 6.50. The van der Waals surface area contributed by atoms with E-state index in [4.69, 9.17) is 16.9 Å². The second-order valence-electron chi connectivity index (χ2n) is 6.93. The van der Waals surface area contributed by atoms with Gasteiger partial charge in [-0.15, -0.1) is 0 Å². The van der Waals surface area contributed by atoms with Gasteiger partial charge in [-0.2, -0.15) is 24.8 Å². The fourth-order valence-electron chi connectivity index (χ4n) is 3.11. The van der Waals surface area contributed by atoms with E-state index in [-0.39, 0.29) is 16.8 Å². The van der Waals surface area contributed by atoms with Gasteiger partial charge in [-0.3, -0.25) is 0 Å². The van der Waals surface area contributed by atoms with Gasteiger partial charge in [-0.25, -0.2) is 4.39 Å². The molecule has 140 valence electrons. The summed E-state index contributed by atoms with van der Waals surface area (Å²) in [6.07, 6.45) is 1.39. The summed E-state index contributed by atoms with van der Waals surface area (Å²) in [4.78, 5) is 10.4. The van der Waals surface area contributed by atoms with Crippen molar-refractivity contribution in [2.75, 3.05) is 11.9 Å². The molecule has 0 aliphatic carbocycles. The van der Waals surface area contributed by atoms with Crippen LogP contribution in [0.25, 0.3) is 16.9 Å². The van der Waals surface area contributed by atoms with Crippen LogP contribution in [0.2, 0.25) is 5.15 Å². The summed E-state index contributed by atoms with van der Waals surface area (Å²) in [5, 5.41) is 13.5. The van der Waals surface area contributed by atoms with E-state index in [2.05, 4.69) is 35.8 Å². The Hall–Kier alpha value is -2.72. The molecule has 0 radical (unpaired) electrons. The van der Waals surface area contributed by atoms with Gasteiger partial charge in [-0.05, 0) is 37.5 Å². The van der Waals surface area contributed by atoms with E-state index >= 15 is 0 Å². The SMILES string of the molecule is Cc1cc(C#N)cc(F)c1-c1c(Cl)nc2ncnn2c1N(C)[C@H](C)C(C)C. The predicted molar refractivity (Wildman–Crippen MR) is 103 cm³/mol. The zero-order chi connectivity index (χ0) is 19.9. The Morgan fingerprint density at radius 1 is 1.26 bits per heavy atom. The minimum Gasteiger partial charge on any atom is -0.356 e. The maximum atomic E-state index is 15.0. The van der Waals surface area contributed by atoms with Crippen molar-refractivity contribution in [1.29, 1.82) is 5.26 Å². The van der Waals surface area contributed by atoms with E-state index < -0.39 is 5.82 Å². The first kappa shape index (κ1) is 19.1. The summed E-state index contributed by atoms with van der Waals surface area (Å²) in [6, 6.07) is 4.94. The lowest BCUT2D eigenvalue weighted by atomic mass is 9.97. The Balaban J connectivity index is 2.39. The van der Waals surface area contributed by atoms with E-state index in [1.165, 1.54) is 12.4 Å². The van der Waals surface area contributed by atoms with E-state index in [1.54, 1.807) is 17.5 Å². The monoisotopic (exact) mass is 386 g/mol. The van der Waals surface area contributed by atoms with Crippen LogP contribution in [0.5, 0.6) is 0 Å². The fourth-order valence-corrected chi connectivity index (χ4v) is 3.36. The van der Waals surface area contributed by atoms with Gasteiger partial charge in [0.05, 0.1) is 17.2 Å². The molecule has 3 aromatic rings. The lowest BCUT2D eigenvalue weighted by Gasteiger charge is -2.32. The van der Waals surface area contributed by atoms with E-state index in [1.807, 2.05) is 18.0 Å². The Morgan fingerprint density at radius 3 is 2.56 bits per heavy atom. The number of aryl methyl sites for hydroxylation is 1. The van der Waals surface area contributed by atoms with Crippen molar-refractivity contribution < 1.29 is 4.39 Å². The summed E-state index contributed by atoms with van der Waals surface area (Å²) in [7, 11) is 1.91. The molecule has 0 saturated carbocycles. The molecular weight excluding hydrogens is 367 g/mol. The zero-order valence-corrected chi connectivity index (χ0v) is 16.6. The fraction of sp³-hybridized carbons (Fsp3) is 0.368. The number of benzene rings is 1. The lowest BCUT2D eigenvalue weighted by Crippen LogP contribution is -2.35. The van der Waals surface area contributed by atoms with Gasteiger partial charge in [0.25, 0.3) is 5.78 Å². The Kier molecular flexibility index (Phi) is 5.03. The van der Waals surface area contributed by atoms with E-state index in [0.717, 1.165) is 0 Å². The normalized spacial score (nSPS) is 12.4. The van der Waals surface area contributed by atoms with Crippen LogP contribution in [-0.4, -0.2) is 32.7 Å². The quantitative estimate of drug-likeness (QED) is 0.627. The van der Waals surface area contributed by atoms with Crippen molar-refractivity contribution in [3.63, 3.8) is 0 Å². The van der Waals surface area contributed by atoms with Crippen LogP contribution in [-0.2, 0) is 0 Å². The first-order valence-corrected chi connectivity index (χ1v) is 8.96. The van der Waals surface area contributed by atoms with Crippen LogP contribution in [0.15, 0.2) is 18.5 Å². The third-order valence-corrected chi connectivity index (χ3v) is 5.21. The molecule has 2 heterocycles. The van der Waals surface area contributed by atoms with Crippen molar-refractivity contribution in [1.82, 2.24) is 19.6 Å². The topological polar surface area (TPSA) is 70.1 Å². The molecule has 27 heavy (non-hydrogen) atoms. The summed E-state index contributed by atoms with van der Waals surface area (Å²) in [5.41, 5.74) is 1.59. The number of nitriles is 1. The van der Waals surface area contributed by atoms with Crippen molar-refractivity contribution >= 4 is 23.2 Å². The molecule has 0 fully saturated rings. The van der Waals surface area contributed by atoms with Crippen molar-refractivity contribution in [3.05, 3.63) is 40.6 Å². The van der Waals surface area contributed by atoms with Crippen molar-refractivity contribution in [3.8, 4) is 17.2 Å². The van der Waals surface area contributed by atoms with Gasteiger partial charge >= 0.3 is 0 Å². The molecule has 1 aromatic carbocycles. The zero-order valence-electron chi connectivity index (χ0n) is 15.8. The number of nitrogens with zero attached hydrogens (tertiary/aromatic N) is 6. The second kappa shape index (κ2) is 7.12. The summed E-state index contributed by atoms with van der Waals surface area (Å²) in [6.45, 7) is 8.04. The van der Waals surface area contributed by atoms with Crippen LogP contribution < -0.4 is 4.90 Å². The maximum absolute atomic E-state index is 15.0. The predicted octanol–water partition coefficient (Wildman–Crippen LogP) is 4.24. The van der Waals surface area contributed by atoms with Crippen molar-refractivity contribution in [2.45, 2.75) is 33.7 Å². The second-order valence-corrected chi connectivity index (χ2v) is 7.29. The first-order valence-electron chi connectivity index (χ1n) is 8.59. The number of hydrogen-bond acceptors (Lipinski definition) is 5. The van der Waals surface area contributed by atoms with E-state index in [0.29, 0.717) is 34.2 Å². The average Bonchev–Trinajstić information content (AvgIpc) is 3.07. The number of halogens is 2. The highest BCUT2D eigenvalue weighted by molar-refractivity contribution is 6.33. The smallest absolute Gasteiger partial charge is 0.255 e. The summed E-state index contributed by atoms with van der Waals surface area (Å²) in [5.74, 6) is 0.755. The highest BCUT2D eigenvalue weighted by Crippen LogP contribution is 2.40. The third kappa shape index (κ3) is 3.21. The van der Waals surface area contributed by atoms with Crippen LogP contribution >= 0.6 is 11.6 Å². The third-order valence-electron chi connectivity index (χ3n) is 4.93. The molecular formula is C19H20ClFN6. The van der Waals surface area contributed by atoms with E-state index in [9.17, 15) is 4.39 Å². The highest BCUT2D eigenvalue weighted by Gasteiger charge is 2.27. The number of fused-ring (bicyclic) bond motifs is 1. The molecule has 2 aromatic heterocycles. The molecule has 0 unspecified atom stereocenters. The number of rotatable bonds is 4. The molecule has 0 amide bonds. The molecule has 3 rings (SSSR count). The Labute approximate surface area is 162 Å². The van der Waals surface area contributed by atoms with Crippen LogP contribution in [0.3, 0.4) is 0 Å². The first-order chi connectivity index (χ1) is 12.8.